The first-order chi connectivity index (χ1) is 7.09. The lowest BCUT2D eigenvalue weighted by molar-refractivity contribution is 0.203. The minimum atomic E-state index is -1.19. The lowest BCUT2D eigenvalue weighted by Gasteiger charge is -2.13. The number of aromatic amines is 1. The second kappa shape index (κ2) is 3.27. The van der Waals surface area contributed by atoms with Gasteiger partial charge in [-0.2, -0.15) is 0 Å². The van der Waals surface area contributed by atoms with E-state index in [0.29, 0.717) is 5.52 Å². The lowest BCUT2D eigenvalue weighted by atomic mass is 10.2. The number of rotatable bonds is 1. The number of benzene rings is 1. The van der Waals surface area contributed by atoms with Crippen LogP contribution in [-0.2, 0) is 0 Å². The average molecular weight is 208 g/mol. The smallest absolute Gasteiger partial charge is 0.411 e. The van der Waals surface area contributed by atoms with Crippen LogP contribution < -0.4 is 4.90 Å². The highest BCUT2D eigenvalue weighted by molar-refractivity contribution is 5.90. The molecule has 2 rings (SSSR count). The molecule has 0 radical (unpaired) electrons. The van der Waals surface area contributed by atoms with Crippen molar-refractivity contribution in [3.63, 3.8) is 0 Å². The van der Waals surface area contributed by atoms with Gasteiger partial charge < -0.3 is 10.1 Å². The van der Waals surface area contributed by atoms with E-state index in [1.807, 2.05) is 0 Å². The third-order valence-corrected chi connectivity index (χ3v) is 2.27. The minimum Gasteiger partial charge on any atom is -0.465 e. The molecule has 1 heterocycles. The summed E-state index contributed by atoms with van der Waals surface area (Å²) in [5, 5.41) is 9.51. The molecule has 0 saturated heterocycles. The molecule has 0 saturated carbocycles. The molecular weight excluding hydrogens is 199 g/mol. The summed E-state index contributed by atoms with van der Waals surface area (Å²) in [5.41, 5.74) is 0.699. The Kier molecular flexibility index (Phi) is 2.07. The van der Waals surface area contributed by atoms with Crippen LogP contribution in [0.15, 0.2) is 24.4 Å². The predicted octanol–water partition coefficient (Wildman–Crippen LogP) is 2.42. The first kappa shape index (κ1) is 9.51. The first-order valence-corrected chi connectivity index (χ1v) is 4.33. The average Bonchev–Trinajstić information content (AvgIpc) is 2.62. The van der Waals surface area contributed by atoms with Crippen molar-refractivity contribution in [2.24, 2.45) is 0 Å². The molecule has 0 atom stereocenters. The highest BCUT2D eigenvalue weighted by atomic mass is 19.1. The third kappa shape index (κ3) is 1.52. The number of hydrogen-bond acceptors (Lipinski definition) is 1. The molecule has 0 unspecified atom stereocenters. The maximum Gasteiger partial charge on any atom is 0.411 e. The Bertz CT molecular complexity index is 521. The first-order valence-electron chi connectivity index (χ1n) is 4.33. The van der Waals surface area contributed by atoms with Crippen molar-refractivity contribution in [2.75, 3.05) is 11.9 Å². The van der Waals surface area contributed by atoms with Crippen LogP contribution in [0.3, 0.4) is 0 Å². The van der Waals surface area contributed by atoms with Crippen LogP contribution in [0.25, 0.3) is 10.9 Å². The molecular formula is C10H9FN2O2. The summed E-state index contributed by atoms with van der Waals surface area (Å²) in [4.78, 5) is 14.4. The topological polar surface area (TPSA) is 56.3 Å². The van der Waals surface area contributed by atoms with E-state index in [-0.39, 0.29) is 5.69 Å². The Morgan fingerprint density at radius 2 is 2.27 bits per heavy atom. The van der Waals surface area contributed by atoms with Gasteiger partial charge in [-0.05, 0) is 12.1 Å². The van der Waals surface area contributed by atoms with E-state index < -0.39 is 11.9 Å². The summed E-state index contributed by atoms with van der Waals surface area (Å²) in [6.07, 6.45) is 0.484. The molecule has 2 aromatic rings. The number of fused-ring (bicyclic) bond motifs is 1. The number of carboxylic acid groups (broad SMARTS) is 1. The van der Waals surface area contributed by atoms with Gasteiger partial charge in [0.25, 0.3) is 0 Å². The second-order valence-corrected chi connectivity index (χ2v) is 3.21. The zero-order chi connectivity index (χ0) is 11.0. The van der Waals surface area contributed by atoms with Gasteiger partial charge >= 0.3 is 6.09 Å². The highest BCUT2D eigenvalue weighted by Crippen LogP contribution is 2.24. The fourth-order valence-electron chi connectivity index (χ4n) is 1.42. The van der Waals surface area contributed by atoms with Crippen molar-refractivity contribution < 1.29 is 14.3 Å². The summed E-state index contributed by atoms with van der Waals surface area (Å²) in [5.74, 6) is -0.560. The van der Waals surface area contributed by atoms with Crippen LogP contribution in [0.5, 0.6) is 0 Å². The van der Waals surface area contributed by atoms with E-state index in [1.54, 1.807) is 12.3 Å². The van der Waals surface area contributed by atoms with Gasteiger partial charge in [-0.1, -0.05) is 0 Å². The van der Waals surface area contributed by atoms with E-state index >= 15 is 0 Å². The summed E-state index contributed by atoms with van der Waals surface area (Å²) in [6, 6.07) is 4.54. The molecule has 0 spiro atoms. The molecule has 2 N–H and O–H groups in total. The minimum absolute atomic E-state index is 0.0506. The van der Waals surface area contributed by atoms with Crippen molar-refractivity contribution in [2.45, 2.75) is 0 Å². The predicted molar refractivity (Wildman–Crippen MR) is 54.7 cm³/mol. The molecule has 0 bridgehead atoms. The van der Waals surface area contributed by atoms with Gasteiger partial charge in [-0.25, -0.2) is 9.18 Å². The SMILES string of the molecule is CN(C(=O)O)c1cc2cc[nH]c2cc1F. The van der Waals surface area contributed by atoms with Crippen LogP contribution in [0, 0.1) is 5.82 Å². The molecule has 0 aliphatic heterocycles. The Hall–Kier alpha value is -2.04. The number of amides is 1. The second-order valence-electron chi connectivity index (χ2n) is 3.21. The van der Waals surface area contributed by atoms with Crippen molar-refractivity contribution in [3.8, 4) is 0 Å². The molecule has 0 aliphatic rings. The molecule has 1 amide bonds. The maximum atomic E-state index is 13.5. The number of aromatic nitrogens is 1. The monoisotopic (exact) mass is 208 g/mol. The van der Waals surface area contributed by atoms with Gasteiger partial charge in [-0.15, -0.1) is 0 Å². The van der Waals surface area contributed by atoms with Gasteiger partial charge in [0.15, 0.2) is 0 Å². The molecule has 1 aromatic carbocycles. The maximum absolute atomic E-state index is 13.5. The largest absolute Gasteiger partial charge is 0.465 e. The number of halogens is 1. The van der Waals surface area contributed by atoms with E-state index in [0.717, 1.165) is 10.3 Å². The fraction of sp³-hybridized carbons (Fsp3) is 0.100. The van der Waals surface area contributed by atoms with Crippen LogP contribution in [-0.4, -0.2) is 23.2 Å². The van der Waals surface area contributed by atoms with Gasteiger partial charge in [0.1, 0.15) is 5.82 Å². The molecule has 78 valence electrons. The zero-order valence-electron chi connectivity index (χ0n) is 7.99. The standard InChI is InChI=1S/C10H9FN2O2/c1-13(10(14)15)9-4-6-2-3-12-8(6)5-7(9)11/h2-5,12H,1H3,(H,14,15). The van der Waals surface area contributed by atoms with Gasteiger partial charge in [0.2, 0.25) is 0 Å². The number of nitrogens with one attached hydrogen (secondary N) is 1. The fourth-order valence-corrected chi connectivity index (χ4v) is 1.42. The van der Waals surface area contributed by atoms with Crippen LogP contribution in [0.2, 0.25) is 0 Å². The van der Waals surface area contributed by atoms with E-state index in [4.69, 9.17) is 5.11 Å². The van der Waals surface area contributed by atoms with E-state index in [1.165, 1.54) is 19.2 Å². The van der Waals surface area contributed by atoms with Crippen molar-refractivity contribution >= 4 is 22.7 Å². The highest BCUT2D eigenvalue weighted by Gasteiger charge is 2.14. The molecule has 5 heteroatoms. The number of anilines is 1. The van der Waals surface area contributed by atoms with E-state index in [2.05, 4.69) is 4.98 Å². The van der Waals surface area contributed by atoms with Crippen LogP contribution >= 0.6 is 0 Å². The normalized spacial score (nSPS) is 10.5. The molecule has 4 nitrogen and oxygen atoms in total. The van der Waals surface area contributed by atoms with Crippen LogP contribution in [0.1, 0.15) is 0 Å². The van der Waals surface area contributed by atoms with E-state index in [9.17, 15) is 9.18 Å². The van der Waals surface area contributed by atoms with Gasteiger partial charge in [0, 0.05) is 30.2 Å². The summed E-state index contributed by atoms with van der Waals surface area (Å²) < 4.78 is 13.5. The quantitative estimate of drug-likeness (QED) is 0.756. The zero-order valence-corrected chi connectivity index (χ0v) is 7.99. The molecule has 1 aromatic heterocycles. The number of nitrogens with zero attached hydrogens (tertiary/aromatic N) is 1. The Balaban J connectivity index is 2.59. The van der Waals surface area contributed by atoms with Crippen molar-refractivity contribution in [3.05, 3.63) is 30.2 Å². The number of H-pyrrole nitrogens is 1. The Morgan fingerprint density at radius 3 is 2.93 bits per heavy atom. The van der Waals surface area contributed by atoms with Gasteiger partial charge in [0.05, 0.1) is 5.69 Å². The summed E-state index contributed by atoms with van der Waals surface area (Å²) in [7, 11) is 1.30. The summed E-state index contributed by atoms with van der Waals surface area (Å²) in [6.45, 7) is 0. The number of hydrogen-bond donors (Lipinski definition) is 2. The molecule has 0 aliphatic carbocycles. The van der Waals surface area contributed by atoms with Crippen molar-refractivity contribution in [1.82, 2.24) is 4.98 Å². The summed E-state index contributed by atoms with van der Waals surface area (Å²) >= 11 is 0. The molecule has 15 heavy (non-hydrogen) atoms. The molecule has 0 fully saturated rings. The Labute approximate surface area is 84.9 Å². The van der Waals surface area contributed by atoms with Crippen LogP contribution in [0.4, 0.5) is 14.9 Å². The Morgan fingerprint density at radius 1 is 1.53 bits per heavy atom. The van der Waals surface area contributed by atoms with Gasteiger partial charge in [-0.3, -0.25) is 4.90 Å². The lowest BCUT2D eigenvalue weighted by Crippen LogP contribution is -2.24. The van der Waals surface area contributed by atoms with Crippen molar-refractivity contribution in [1.29, 1.82) is 0 Å². The number of carbonyl (C=O) groups is 1. The third-order valence-electron chi connectivity index (χ3n) is 2.27.